The standard InChI is InChI=1S/C33H47N3O4/c1-8-16-26(35(9-2)10-3)23-29(39-14-7)24-33(31-30(32(37)40-33)17-15-20-34-31)25-18-19-27(36(11-4)12-5)22-28(21-25)38-13-6/h8,16-19,21-23,28H,1,9-15,20,24H2,2-7H3/b26-16+,29-23+. The zero-order valence-corrected chi connectivity index (χ0v) is 25.2. The summed E-state index contributed by atoms with van der Waals surface area (Å²) >= 11 is 0. The van der Waals surface area contributed by atoms with E-state index in [0.717, 1.165) is 49.6 Å². The van der Waals surface area contributed by atoms with Crippen LogP contribution in [0.1, 0.15) is 54.4 Å². The van der Waals surface area contributed by atoms with Crippen LogP contribution < -0.4 is 0 Å². The molecule has 1 aliphatic carbocycles. The summed E-state index contributed by atoms with van der Waals surface area (Å²) in [5.41, 5.74) is 3.00. The minimum atomic E-state index is -1.13. The van der Waals surface area contributed by atoms with E-state index < -0.39 is 5.60 Å². The van der Waals surface area contributed by atoms with Gasteiger partial charge in [-0.25, -0.2) is 4.79 Å². The highest BCUT2D eigenvalue weighted by Gasteiger charge is 2.53. The molecule has 2 aliphatic heterocycles. The molecule has 40 heavy (non-hydrogen) atoms. The van der Waals surface area contributed by atoms with Gasteiger partial charge in [0.25, 0.3) is 0 Å². The van der Waals surface area contributed by atoms with E-state index in [0.29, 0.717) is 43.2 Å². The van der Waals surface area contributed by atoms with Crippen molar-refractivity contribution in [3.05, 3.63) is 83.5 Å². The van der Waals surface area contributed by atoms with Crippen molar-refractivity contribution < 1.29 is 19.0 Å². The van der Waals surface area contributed by atoms with Crippen molar-refractivity contribution in [2.75, 3.05) is 45.9 Å². The van der Waals surface area contributed by atoms with Gasteiger partial charge in [-0.1, -0.05) is 24.8 Å². The van der Waals surface area contributed by atoms with Crippen LogP contribution in [0.5, 0.6) is 0 Å². The highest BCUT2D eigenvalue weighted by atomic mass is 16.6. The van der Waals surface area contributed by atoms with Gasteiger partial charge < -0.3 is 24.0 Å². The Morgan fingerprint density at radius 1 is 1.10 bits per heavy atom. The fourth-order valence-electron chi connectivity index (χ4n) is 5.50. The molecule has 2 unspecified atom stereocenters. The molecule has 1 saturated heterocycles. The van der Waals surface area contributed by atoms with Crippen molar-refractivity contribution in [2.24, 2.45) is 4.99 Å². The first-order valence-corrected chi connectivity index (χ1v) is 14.8. The van der Waals surface area contributed by atoms with Gasteiger partial charge in [0.2, 0.25) is 0 Å². The number of likely N-dealkylation sites (N-methyl/N-ethyl adjacent to an activating group) is 2. The van der Waals surface area contributed by atoms with Gasteiger partial charge in [-0.05, 0) is 78.3 Å². The Labute approximate surface area is 240 Å². The van der Waals surface area contributed by atoms with Crippen molar-refractivity contribution in [3.63, 3.8) is 0 Å². The number of hydrogen-bond acceptors (Lipinski definition) is 7. The van der Waals surface area contributed by atoms with Crippen molar-refractivity contribution in [3.8, 4) is 0 Å². The second-order valence-corrected chi connectivity index (χ2v) is 9.71. The second kappa shape index (κ2) is 14.9. The van der Waals surface area contributed by atoms with Gasteiger partial charge in [-0.15, -0.1) is 0 Å². The van der Waals surface area contributed by atoms with Crippen LogP contribution in [0.4, 0.5) is 0 Å². The van der Waals surface area contributed by atoms with Crippen molar-refractivity contribution >= 4 is 11.7 Å². The third-order valence-electron chi connectivity index (χ3n) is 7.42. The molecule has 2 atom stereocenters. The maximum atomic E-state index is 13.3. The molecule has 0 amide bonds. The smallest absolute Gasteiger partial charge is 0.341 e. The Balaban J connectivity index is 2.20. The summed E-state index contributed by atoms with van der Waals surface area (Å²) in [6.45, 7) is 21.5. The average Bonchev–Trinajstić information content (AvgIpc) is 3.08. The summed E-state index contributed by atoms with van der Waals surface area (Å²) in [7, 11) is 0. The molecule has 0 saturated carbocycles. The molecule has 0 aromatic rings. The van der Waals surface area contributed by atoms with Crippen LogP contribution in [0, 0.1) is 0 Å². The largest absolute Gasteiger partial charge is 0.498 e. The zero-order chi connectivity index (χ0) is 29.1. The molecule has 3 rings (SSSR count). The Morgan fingerprint density at radius 3 is 2.48 bits per heavy atom. The van der Waals surface area contributed by atoms with Crippen LogP contribution in [0.2, 0.25) is 0 Å². The van der Waals surface area contributed by atoms with E-state index in [2.05, 4.69) is 68.4 Å². The van der Waals surface area contributed by atoms with Crippen LogP contribution in [0.25, 0.3) is 0 Å². The van der Waals surface area contributed by atoms with Crippen LogP contribution in [-0.4, -0.2) is 79.1 Å². The molecule has 0 bridgehead atoms. The fraction of sp³-hybridized carbons (Fsp3) is 0.515. The van der Waals surface area contributed by atoms with Gasteiger partial charge in [-0.2, -0.15) is 0 Å². The summed E-state index contributed by atoms with van der Waals surface area (Å²) in [6, 6.07) is 0. The van der Waals surface area contributed by atoms with Gasteiger partial charge >= 0.3 is 5.97 Å². The van der Waals surface area contributed by atoms with Gasteiger partial charge in [-0.3, -0.25) is 4.99 Å². The number of carbonyl (C=O) groups excluding carboxylic acids is 1. The Bertz CT molecular complexity index is 1130. The number of esters is 1. The van der Waals surface area contributed by atoms with Crippen LogP contribution >= 0.6 is 0 Å². The lowest BCUT2D eigenvalue weighted by molar-refractivity contribution is -0.142. The van der Waals surface area contributed by atoms with Crippen LogP contribution in [0.15, 0.2) is 88.5 Å². The SMILES string of the molecule is C=C/C=C(\C=C(/CC1(C2=CC(OCC)C=C(N(CC)CC)C=C2)OC(=O)C2=CCCN=C21)OCC)N(CC)CC. The normalized spacial score (nSPS) is 22.9. The first-order valence-electron chi connectivity index (χ1n) is 14.8. The van der Waals surface area contributed by atoms with Gasteiger partial charge in [0.05, 0.1) is 30.4 Å². The third kappa shape index (κ3) is 6.87. The summed E-state index contributed by atoms with van der Waals surface area (Å²) in [4.78, 5) is 22.7. The van der Waals surface area contributed by atoms with Crippen molar-refractivity contribution in [2.45, 2.75) is 66.1 Å². The molecular formula is C33H47N3O4. The molecule has 218 valence electrons. The van der Waals surface area contributed by atoms with E-state index in [1.807, 2.05) is 32.1 Å². The quantitative estimate of drug-likeness (QED) is 0.144. The number of allylic oxidation sites excluding steroid dienone is 4. The molecular weight excluding hydrogens is 502 g/mol. The van der Waals surface area contributed by atoms with Gasteiger partial charge in [0.15, 0.2) is 5.60 Å². The van der Waals surface area contributed by atoms with Gasteiger partial charge in [0, 0.05) is 56.3 Å². The number of rotatable bonds is 15. The summed E-state index contributed by atoms with van der Waals surface area (Å²) in [5.74, 6) is 0.372. The topological polar surface area (TPSA) is 63.6 Å². The predicted molar refractivity (Wildman–Crippen MR) is 163 cm³/mol. The molecule has 7 nitrogen and oxygen atoms in total. The number of hydrogen-bond donors (Lipinski definition) is 0. The maximum absolute atomic E-state index is 13.3. The molecule has 0 radical (unpaired) electrons. The van der Waals surface area contributed by atoms with Crippen molar-refractivity contribution in [1.82, 2.24) is 9.80 Å². The monoisotopic (exact) mass is 549 g/mol. The van der Waals surface area contributed by atoms with Crippen molar-refractivity contribution in [1.29, 1.82) is 0 Å². The van der Waals surface area contributed by atoms with Crippen LogP contribution in [-0.2, 0) is 19.0 Å². The maximum Gasteiger partial charge on any atom is 0.341 e. The first-order chi connectivity index (χ1) is 19.4. The number of ether oxygens (including phenoxy) is 3. The fourth-order valence-corrected chi connectivity index (χ4v) is 5.50. The van der Waals surface area contributed by atoms with Crippen LogP contribution in [0.3, 0.4) is 0 Å². The molecule has 0 N–H and O–H groups in total. The van der Waals surface area contributed by atoms with E-state index in [1.54, 1.807) is 6.08 Å². The first kappa shape index (κ1) is 31.2. The second-order valence-electron chi connectivity index (χ2n) is 9.71. The molecule has 3 aliphatic rings. The zero-order valence-electron chi connectivity index (χ0n) is 25.2. The lowest BCUT2D eigenvalue weighted by Crippen LogP contribution is -2.40. The highest BCUT2D eigenvalue weighted by molar-refractivity contribution is 6.29. The summed E-state index contributed by atoms with van der Waals surface area (Å²) < 4.78 is 18.8. The number of nitrogens with zero attached hydrogens (tertiary/aromatic N) is 3. The average molecular weight is 550 g/mol. The van der Waals surface area contributed by atoms with Gasteiger partial charge in [0.1, 0.15) is 5.76 Å². The Hall–Kier alpha value is -3.32. The molecule has 7 heteroatoms. The Morgan fingerprint density at radius 2 is 1.85 bits per heavy atom. The number of dihydropyridines is 1. The number of carbonyl (C=O) groups is 1. The lowest BCUT2D eigenvalue weighted by atomic mass is 9.81. The number of aliphatic imine (C=N–C) groups is 1. The summed E-state index contributed by atoms with van der Waals surface area (Å²) in [5, 5.41) is 0. The summed E-state index contributed by atoms with van der Waals surface area (Å²) in [6.07, 6.45) is 16.9. The Kier molecular flexibility index (Phi) is 11.6. The predicted octanol–water partition coefficient (Wildman–Crippen LogP) is 5.90. The highest BCUT2D eigenvalue weighted by Crippen LogP contribution is 2.43. The minimum Gasteiger partial charge on any atom is -0.498 e. The van der Waals surface area contributed by atoms with E-state index in [9.17, 15) is 4.79 Å². The van der Waals surface area contributed by atoms with E-state index in [4.69, 9.17) is 19.2 Å². The third-order valence-corrected chi connectivity index (χ3v) is 7.42. The number of fused-ring (bicyclic) bond motifs is 1. The molecule has 0 aromatic heterocycles. The lowest BCUT2D eigenvalue weighted by Gasteiger charge is -2.32. The van der Waals surface area contributed by atoms with E-state index in [-0.39, 0.29) is 12.1 Å². The van der Waals surface area contributed by atoms with E-state index in [1.165, 1.54) is 0 Å². The molecule has 1 fully saturated rings. The number of cyclic esters (lactones) is 1. The molecule has 0 spiro atoms. The molecule has 0 aromatic carbocycles. The minimum absolute atomic E-state index is 0.287. The molecule has 2 heterocycles. The van der Waals surface area contributed by atoms with E-state index >= 15 is 0 Å².